The van der Waals surface area contributed by atoms with Gasteiger partial charge < -0.3 is 11.1 Å². The summed E-state index contributed by atoms with van der Waals surface area (Å²) < 4.78 is 10.6. The van der Waals surface area contributed by atoms with Crippen molar-refractivity contribution in [3.8, 4) is 0 Å². The maximum absolute atomic E-state index is 11.1. The van der Waals surface area contributed by atoms with Crippen molar-refractivity contribution in [3.63, 3.8) is 0 Å². The monoisotopic (exact) mass is 192 g/mol. The van der Waals surface area contributed by atoms with E-state index in [1.807, 2.05) is 0 Å². The highest BCUT2D eigenvalue weighted by Gasteiger charge is 2.20. The first kappa shape index (κ1) is 11.6. The molecule has 1 atom stereocenters. The van der Waals surface area contributed by atoms with Crippen LogP contribution in [0.15, 0.2) is 0 Å². The minimum absolute atomic E-state index is 0.215. The van der Waals surface area contributed by atoms with Crippen molar-refractivity contribution < 1.29 is 9.00 Å². The zero-order valence-corrected chi connectivity index (χ0v) is 8.53. The van der Waals surface area contributed by atoms with Crippen molar-refractivity contribution in [1.29, 1.82) is 0 Å². The van der Waals surface area contributed by atoms with Gasteiger partial charge in [0.25, 0.3) is 0 Å². The van der Waals surface area contributed by atoms with Crippen LogP contribution in [0.5, 0.6) is 0 Å². The highest BCUT2D eigenvalue weighted by molar-refractivity contribution is 7.84. The van der Waals surface area contributed by atoms with Crippen molar-refractivity contribution in [2.75, 3.05) is 18.6 Å². The van der Waals surface area contributed by atoms with Gasteiger partial charge in [-0.3, -0.25) is 9.00 Å². The minimum atomic E-state index is -0.864. The fraction of sp³-hybridized carbons (Fsp3) is 0.857. The molecule has 0 saturated carbocycles. The van der Waals surface area contributed by atoms with Gasteiger partial charge in [-0.2, -0.15) is 0 Å². The largest absolute Gasteiger partial charge is 0.354 e. The molecule has 5 heteroatoms. The Labute approximate surface area is 75.4 Å². The smallest absolute Gasteiger partial charge is 0.239 e. The van der Waals surface area contributed by atoms with Crippen LogP contribution in [0.25, 0.3) is 0 Å². The molecule has 1 unspecified atom stereocenters. The molecule has 0 spiro atoms. The van der Waals surface area contributed by atoms with Crippen LogP contribution in [0.3, 0.4) is 0 Å². The number of carbonyl (C=O) groups is 1. The first-order valence-electron chi connectivity index (χ1n) is 3.71. The zero-order chi connectivity index (χ0) is 9.78. The standard InChI is InChI=1S/C7H16N2O2S/c1-7(2,8)6(10)9-4-5-12(3)11/h4-5,8H2,1-3H3,(H,9,10). The van der Waals surface area contributed by atoms with E-state index in [1.54, 1.807) is 20.1 Å². The van der Waals surface area contributed by atoms with Crippen LogP contribution in [0.4, 0.5) is 0 Å². The molecule has 0 rings (SSSR count). The summed E-state index contributed by atoms with van der Waals surface area (Å²) >= 11 is 0. The Morgan fingerprint density at radius 2 is 2.08 bits per heavy atom. The van der Waals surface area contributed by atoms with E-state index in [-0.39, 0.29) is 5.91 Å². The molecule has 0 saturated heterocycles. The third kappa shape index (κ3) is 5.26. The molecule has 0 aromatic rings. The predicted octanol–water partition coefficient (Wildman–Crippen LogP) is -0.782. The summed E-state index contributed by atoms with van der Waals surface area (Å²) in [5, 5.41) is 2.60. The topological polar surface area (TPSA) is 72.2 Å². The fourth-order valence-electron chi connectivity index (χ4n) is 0.536. The molecule has 0 aromatic heterocycles. The summed E-state index contributed by atoms with van der Waals surface area (Å²) in [5.74, 6) is 0.259. The maximum Gasteiger partial charge on any atom is 0.239 e. The van der Waals surface area contributed by atoms with E-state index in [0.717, 1.165) is 0 Å². The van der Waals surface area contributed by atoms with E-state index >= 15 is 0 Å². The molecule has 4 nitrogen and oxygen atoms in total. The van der Waals surface area contributed by atoms with Gasteiger partial charge in [0.15, 0.2) is 0 Å². The third-order valence-electron chi connectivity index (χ3n) is 1.26. The van der Waals surface area contributed by atoms with Crippen molar-refractivity contribution in [1.82, 2.24) is 5.32 Å². The van der Waals surface area contributed by atoms with E-state index in [2.05, 4.69) is 5.32 Å². The van der Waals surface area contributed by atoms with Crippen molar-refractivity contribution in [2.24, 2.45) is 5.73 Å². The Balaban J connectivity index is 3.66. The van der Waals surface area contributed by atoms with Crippen LogP contribution < -0.4 is 11.1 Å². The Kier molecular flexibility index (Phi) is 4.41. The van der Waals surface area contributed by atoms with Crippen molar-refractivity contribution in [3.05, 3.63) is 0 Å². The van der Waals surface area contributed by atoms with Gasteiger partial charge in [-0.25, -0.2) is 0 Å². The SMILES string of the molecule is CS(=O)CCNC(=O)C(C)(C)N. The molecule has 0 aliphatic heterocycles. The molecule has 72 valence electrons. The minimum Gasteiger partial charge on any atom is -0.354 e. The third-order valence-corrected chi connectivity index (χ3v) is 2.04. The van der Waals surface area contributed by atoms with Crippen LogP contribution in [0, 0.1) is 0 Å². The van der Waals surface area contributed by atoms with Gasteiger partial charge in [-0.15, -0.1) is 0 Å². The second-order valence-electron chi connectivity index (χ2n) is 3.25. The van der Waals surface area contributed by atoms with Gasteiger partial charge in [0.2, 0.25) is 5.91 Å². The summed E-state index contributed by atoms with van der Waals surface area (Å²) in [7, 11) is -0.864. The lowest BCUT2D eigenvalue weighted by Gasteiger charge is -2.17. The fourth-order valence-corrected chi connectivity index (χ4v) is 0.926. The zero-order valence-electron chi connectivity index (χ0n) is 7.72. The van der Waals surface area contributed by atoms with Gasteiger partial charge in [-0.1, -0.05) is 0 Å². The van der Waals surface area contributed by atoms with Crippen LogP contribution in [0.2, 0.25) is 0 Å². The summed E-state index contributed by atoms with van der Waals surface area (Å²) in [6.45, 7) is 3.68. The summed E-state index contributed by atoms with van der Waals surface area (Å²) in [4.78, 5) is 11.1. The van der Waals surface area contributed by atoms with E-state index in [1.165, 1.54) is 0 Å². The van der Waals surface area contributed by atoms with E-state index in [0.29, 0.717) is 12.3 Å². The average molecular weight is 192 g/mol. The lowest BCUT2D eigenvalue weighted by atomic mass is 10.1. The molecular weight excluding hydrogens is 176 g/mol. The molecule has 3 N–H and O–H groups in total. The molecule has 0 radical (unpaired) electrons. The molecule has 0 heterocycles. The van der Waals surface area contributed by atoms with Crippen molar-refractivity contribution in [2.45, 2.75) is 19.4 Å². The molecule has 12 heavy (non-hydrogen) atoms. The number of hydrogen-bond donors (Lipinski definition) is 2. The lowest BCUT2D eigenvalue weighted by molar-refractivity contribution is -0.125. The molecule has 0 fully saturated rings. The van der Waals surface area contributed by atoms with Gasteiger partial charge >= 0.3 is 0 Å². The summed E-state index contributed by atoms with van der Waals surface area (Å²) in [6, 6.07) is 0. The highest BCUT2D eigenvalue weighted by atomic mass is 32.2. The Hall–Kier alpha value is -0.420. The molecule has 1 amide bonds. The quantitative estimate of drug-likeness (QED) is 0.613. The Bertz CT molecular complexity index is 186. The number of hydrogen-bond acceptors (Lipinski definition) is 3. The van der Waals surface area contributed by atoms with E-state index in [4.69, 9.17) is 5.73 Å². The normalized spacial score (nSPS) is 14.0. The van der Waals surface area contributed by atoms with Crippen LogP contribution >= 0.6 is 0 Å². The Morgan fingerprint density at radius 1 is 1.58 bits per heavy atom. The molecular formula is C7H16N2O2S. The van der Waals surface area contributed by atoms with E-state index < -0.39 is 16.3 Å². The molecule has 0 aromatic carbocycles. The number of carbonyl (C=O) groups excluding carboxylic acids is 1. The highest BCUT2D eigenvalue weighted by Crippen LogP contribution is 1.94. The number of nitrogens with two attached hydrogens (primary N) is 1. The van der Waals surface area contributed by atoms with Crippen molar-refractivity contribution >= 4 is 16.7 Å². The molecule has 0 aliphatic carbocycles. The maximum atomic E-state index is 11.1. The second-order valence-corrected chi connectivity index (χ2v) is 4.81. The van der Waals surface area contributed by atoms with E-state index in [9.17, 15) is 9.00 Å². The van der Waals surface area contributed by atoms with Gasteiger partial charge in [0.05, 0.1) is 5.54 Å². The average Bonchev–Trinajstić information content (AvgIpc) is 1.84. The lowest BCUT2D eigenvalue weighted by Crippen LogP contribution is -2.49. The Morgan fingerprint density at radius 3 is 2.42 bits per heavy atom. The first-order valence-corrected chi connectivity index (χ1v) is 5.44. The molecule has 0 bridgehead atoms. The van der Waals surface area contributed by atoms with Gasteiger partial charge in [0, 0.05) is 29.4 Å². The molecule has 0 aliphatic rings. The first-order chi connectivity index (χ1) is 5.34. The number of amides is 1. The van der Waals surface area contributed by atoms with Crippen LogP contribution in [-0.4, -0.2) is 34.2 Å². The predicted molar refractivity (Wildman–Crippen MR) is 50.2 cm³/mol. The summed E-state index contributed by atoms with van der Waals surface area (Å²) in [5.41, 5.74) is 4.66. The van der Waals surface area contributed by atoms with Gasteiger partial charge in [-0.05, 0) is 13.8 Å². The summed E-state index contributed by atoms with van der Waals surface area (Å²) in [6.07, 6.45) is 1.60. The van der Waals surface area contributed by atoms with Crippen LogP contribution in [0.1, 0.15) is 13.8 Å². The number of rotatable bonds is 4. The van der Waals surface area contributed by atoms with Crippen LogP contribution in [-0.2, 0) is 15.6 Å². The van der Waals surface area contributed by atoms with Gasteiger partial charge in [0.1, 0.15) is 0 Å². The number of nitrogens with one attached hydrogen (secondary N) is 1. The second kappa shape index (κ2) is 4.57.